The molecule has 1 N–H and O–H groups in total. The summed E-state index contributed by atoms with van der Waals surface area (Å²) >= 11 is 0. The van der Waals surface area contributed by atoms with E-state index < -0.39 is 5.60 Å². The molecule has 0 amide bonds. The second kappa shape index (κ2) is 3.14. The lowest BCUT2D eigenvalue weighted by atomic mass is 9.87. The number of hydrogen-bond donors (Lipinski definition) is 1. The van der Waals surface area contributed by atoms with Gasteiger partial charge in [0.15, 0.2) is 0 Å². The zero-order valence-corrected chi connectivity index (χ0v) is 9.00. The summed E-state index contributed by atoms with van der Waals surface area (Å²) in [6.45, 7) is 7.82. The van der Waals surface area contributed by atoms with E-state index >= 15 is 0 Å². The van der Waals surface area contributed by atoms with Crippen LogP contribution in [0.2, 0.25) is 0 Å². The summed E-state index contributed by atoms with van der Waals surface area (Å²) in [5.41, 5.74) is 1.15. The summed E-state index contributed by atoms with van der Waals surface area (Å²) in [5, 5.41) is 14.4. The first-order chi connectivity index (χ1) is 5.87. The molecule has 1 unspecified atom stereocenters. The maximum Gasteiger partial charge on any atom is 0.106 e. The van der Waals surface area contributed by atoms with Gasteiger partial charge in [-0.25, -0.2) is 0 Å². The molecule has 1 heterocycles. The smallest absolute Gasteiger partial charge is 0.106 e. The molecule has 1 rings (SSSR count). The topological polar surface area (TPSA) is 38.0 Å². The zero-order chi connectivity index (χ0) is 10.2. The van der Waals surface area contributed by atoms with E-state index in [0.29, 0.717) is 0 Å². The third kappa shape index (κ3) is 1.61. The fourth-order valence-corrected chi connectivity index (χ4v) is 1.55. The number of nitrogens with zero attached hydrogens (tertiary/aromatic N) is 2. The summed E-state index contributed by atoms with van der Waals surface area (Å²) in [4.78, 5) is 0. The van der Waals surface area contributed by atoms with Gasteiger partial charge in [0.2, 0.25) is 0 Å². The van der Waals surface area contributed by atoms with Crippen LogP contribution >= 0.6 is 0 Å². The van der Waals surface area contributed by atoms with Gasteiger partial charge in [0.25, 0.3) is 0 Å². The van der Waals surface area contributed by atoms with E-state index in [1.807, 2.05) is 34.7 Å². The van der Waals surface area contributed by atoms with Crippen molar-refractivity contribution >= 4 is 0 Å². The molecule has 0 saturated heterocycles. The summed E-state index contributed by atoms with van der Waals surface area (Å²) < 4.78 is 1.75. The lowest BCUT2D eigenvalue weighted by Gasteiger charge is -2.28. The summed E-state index contributed by atoms with van der Waals surface area (Å²) in [6, 6.07) is 0. The Morgan fingerprint density at radius 2 is 2.08 bits per heavy atom. The monoisotopic (exact) mass is 182 g/mol. The van der Waals surface area contributed by atoms with Gasteiger partial charge in [0.05, 0.1) is 11.9 Å². The third-order valence-corrected chi connectivity index (χ3v) is 2.73. The molecule has 0 aliphatic heterocycles. The van der Waals surface area contributed by atoms with Crippen LogP contribution in [0.15, 0.2) is 6.20 Å². The number of hydrogen-bond acceptors (Lipinski definition) is 2. The van der Waals surface area contributed by atoms with Gasteiger partial charge in [0, 0.05) is 7.05 Å². The minimum atomic E-state index is -0.796. The predicted octanol–water partition coefficient (Wildman–Crippen LogP) is 1.59. The highest BCUT2D eigenvalue weighted by molar-refractivity contribution is 5.22. The van der Waals surface area contributed by atoms with Crippen LogP contribution in [0.5, 0.6) is 0 Å². The predicted molar refractivity (Wildman–Crippen MR) is 52.4 cm³/mol. The van der Waals surface area contributed by atoms with Crippen LogP contribution in [-0.4, -0.2) is 14.9 Å². The van der Waals surface area contributed by atoms with Crippen molar-refractivity contribution in [2.45, 2.75) is 33.3 Å². The number of rotatable bonds is 2. The molecule has 3 heteroatoms. The Balaban J connectivity index is 3.20. The molecule has 0 saturated carbocycles. The van der Waals surface area contributed by atoms with Crippen molar-refractivity contribution < 1.29 is 5.11 Å². The van der Waals surface area contributed by atoms with E-state index in [1.165, 1.54) is 0 Å². The highest BCUT2D eigenvalue weighted by atomic mass is 16.3. The van der Waals surface area contributed by atoms with E-state index in [-0.39, 0.29) is 5.92 Å². The van der Waals surface area contributed by atoms with Gasteiger partial charge >= 0.3 is 0 Å². The SMILES string of the molecule is Cc1cnn(C)c1C(C)(O)C(C)C. The van der Waals surface area contributed by atoms with Crippen molar-refractivity contribution in [3.63, 3.8) is 0 Å². The Kier molecular flexibility index (Phi) is 2.48. The van der Waals surface area contributed by atoms with Gasteiger partial charge in [0.1, 0.15) is 5.60 Å². The second-order valence-corrected chi connectivity index (χ2v) is 4.10. The van der Waals surface area contributed by atoms with Crippen LogP contribution in [0.1, 0.15) is 32.0 Å². The molecule has 13 heavy (non-hydrogen) atoms. The number of aliphatic hydroxyl groups is 1. The van der Waals surface area contributed by atoms with Crippen molar-refractivity contribution in [3.05, 3.63) is 17.5 Å². The fraction of sp³-hybridized carbons (Fsp3) is 0.700. The molecule has 1 atom stereocenters. The minimum Gasteiger partial charge on any atom is -0.384 e. The van der Waals surface area contributed by atoms with Gasteiger partial charge in [-0.15, -0.1) is 0 Å². The molecule has 1 aromatic heterocycles. The largest absolute Gasteiger partial charge is 0.384 e. The summed E-state index contributed by atoms with van der Waals surface area (Å²) in [7, 11) is 1.86. The molecule has 0 radical (unpaired) electrons. The normalized spacial score (nSPS) is 16.2. The minimum absolute atomic E-state index is 0.182. The van der Waals surface area contributed by atoms with Gasteiger partial charge < -0.3 is 5.11 Å². The fourth-order valence-electron chi connectivity index (χ4n) is 1.55. The molecule has 74 valence electrons. The van der Waals surface area contributed by atoms with Crippen LogP contribution in [-0.2, 0) is 12.6 Å². The average molecular weight is 182 g/mol. The van der Waals surface area contributed by atoms with Crippen LogP contribution < -0.4 is 0 Å². The van der Waals surface area contributed by atoms with E-state index in [4.69, 9.17) is 0 Å². The Hall–Kier alpha value is -0.830. The molecule has 0 fully saturated rings. The Labute approximate surface area is 79.4 Å². The van der Waals surface area contributed by atoms with Crippen LogP contribution in [0.25, 0.3) is 0 Å². The maximum absolute atomic E-state index is 10.3. The van der Waals surface area contributed by atoms with E-state index in [1.54, 1.807) is 10.9 Å². The molecule has 0 bridgehead atoms. The number of aryl methyl sites for hydroxylation is 2. The average Bonchev–Trinajstić information content (AvgIpc) is 2.30. The van der Waals surface area contributed by atoms with Crippen molar-refractivity contribution in [2.75, 3.05) is 0 Å². The quantitative estimate of drug-likeness (QED) is 0.754. The first-order valence-corrected chi connectivity index (χ1v) is 4.58. The first-order valence-electron chi connectivity index (χ1n) is 4.58. The lowest BCUT2D eigenvalue weighted by Crippen LogP contribution is -2.31. The second-order valence-electron chi connectivity index (χ2n) is 4.10. The van der Waals surface area contributed by atoms with Crippen molar-refractivity contribution in [1.29, 1.82) is 0 Å². The van der Waals surface area contributed by atoms with Crippen LogP contribution in [0.4, 0.5) is 0 Å². The standard InChI is InChI=1S/C10H18N2O/c1-7(2)10(4,13)9-8(3)6-11-12(9)5/h6-7,13H,1-5H3. The Bertz CT molecular complexity index is 280. The van der Waals surface area contributed by atoms with Crippen molar-refractivity contribution in [1.82, 2.24) is 9.78 Å². The van der Waals surface area contributed by atoms with Gasteiger partial charge in [-0.3, -0.25) is 4.68 Å². The van der Waals surface area contributed by atoms with Crippen molar-refractivity contribution in [2.24, 2.45) is 13.0 Å². The molecule has 3 nitrogen and oxygen atoms in total. The highest BCUT2D eigenvalue weighted by Gasteiger charge is 2.31. The van der Waals surface area contributed by atoms with Crippen molar-refractivity contribution in [3.8, 4) is 0 Å². The third-order valence-electron chi connectivity index (χ3n) is 2.73. The number of aromatic nitrogens is 2. The van der Waals surface area contributed by atoms with Gasteiger partial charge in [-0.05, 0) is 25.3 Å². The van der Waals surface area contributed by atoms with Crippen LogP contribution in [0, 0.1) is 12.8 Å². The van der Waals surface area contributed by atoms with E-state index in [9.17, 15) is 5.11 Å². The Morgan fingerprint density at radius 1 is 1.54 bits per heavy atom. The summed E-state index contributed by atoms with van der Waals surface area (Å²) in [6.07, 6.45) is 1.78. The molecule has 0 spiro atoms. The summed E-state index contributed by atoms with van der Waals surface area (Å²) in [5.74, 6) is 0.182. The van der Waals surface area contributed by atoms with E-state index in [0.717, 1.165) is 11.3 Å². The van der Waals surface area contributed by atoms with Gasteiger partial charge in [-0.1, -0.05) is 13.8 Å². The first kappa shape index (κ1) is 10.3. The zero-order valence-electron chi connectivity index (χ0n) is 9.00. The lowest BCUT2D eigenvalue weighted by molar-refractivity contribution is 0.000814. The molecular weight excluding hydrogens is 164 g/mol. The van der Waals surface area contributed by atoms with E-state index in [2.05, 4.69) is 5.10 Å². The molecular formula is C10H18N2O. The molecule has 0 aliphatic rings. The van der Waals surface area contributed by atoms with Crippen LogP contribution in [0.3, 0.4) is 0 Å². The van der Waals surface area contributed by atoms with Gasteiger partial charge in [-0.2, -0.15) is 5.10 Å². The molecule has 0 aliphatic carbocycles. The molecule has 1 aromatic rings. The Morgan fingerprint density at radius 3 is 2.38 bits per heavy atom. The highest BCUT2D eigenvalue weighted by Crippen LogP contribution is 2.30. The molecule has 0 aromatic carbocycles. The maximum atomic E-state index is 10.3.